The summed E-state index contributed by atoms with van der Waals surface area (Å²) in [5.41, 5.74) is 6.21. The van der Waals surface area contributed by atoms with Crippen LogP contribution in [0.15, 0.2) is 58.2 Å². The Balaban J connectivity index is 2.26. The van der Waals surface area contributed by atoms with Crippen molar-refractivity contribution >= 4 is 11.9 Å². The largest absolute Gasteiger partial charge is 0.463 e. The molecule has 4 heteroatoms. The van der Waals surface area contributed by atoms with Crippen molar-refractivity contribution in [2.75, 3.05) is 19.7 Å². The molecule has 4 nitrogen and oxygen atoms in total. The molecule has 0 aromatic carbocycles. The van der Waals surface area contributed by atoms with E-state index in [1.165, 1.54) is 16.7 Å². The van der Waals surface area contributed by atoms with E-state index in [-0.39, 0.29) is 11.9 Å². The fourth-order valence-electron chi connectivity index (χ4n) is 4.18. The van der Waals surface area contributed by atoms with Crippen LogP contribution in [0.5, 0.6) is 0 Å². The standard InChI is InChI=1S/C31H49NO3/c1-7-35-30(33)24-28(5)20-12-18-26(3)16-10-14-25(2)15-11-17-27(4)19-13-21-29(6)31(34)32-22-8-9-23-32/h14,17-18,21,24H,7-13,15-16,19-20,22-23H2,1-6H3/b25-14+,26-18+,27-17+,28-24+,29-21+. The Morgan fingerprint density at radius 1 is 0.686 bits per heavy atom. The van der Waals surface area contributed by atoms with Crippen molar-refractivity contribution < 1.29 is 14.3 Å². The quantitative estimate of drug-likeness (QED) is 0.135. The summed E-state index contributed by atoms with van der Waals surface area (Å²) < 4.78 is 4.95. The van der Waals surface area contributed by atoms with Crippen LogP contribution >= 0.6 is 0 Å². The zero-order valence-electron chi connectivity index (χ0n) is 23.3. The summed E-state index contributed by atoms with van der Waals surface area (Å²) >= 11 is 0. The molecule has 0 atom stereocenters. The van der Waals surface area contributed by atoms with Crippen molar-refractivity contribution in [1.29, 1.82) is 0 Å². The third kappa shape index (κ3) is 14.6. The van der Waals surface area contributed by atoms with Crippen molar-refractivity contribution in [3.8, 4) is 0 Å². The van der Waals surface area contributed by atoms with Crippen LogP contribution in [0.25, 0.3) is 0 Å². The number of amides is 1. The van der Waals surface area contributed by atoms with Crippen molar-refractivity contribution in [2.45, 2.75) is 106 Å². The highest BCUT2D eigenvalue weighted by atomic mass is 16.5. The van der Waals surface area contributed by atoms with Crippen molar-refractivity contribution in [2.24, 2.45) is 0 Å². The highest BCUT2D eigenvalue weighted by Crippen LogP contribution is 2.16. The molecule has 0 N–H and O–H groups in total. The number of hydrogen-bond acceptors (Lipinski definition) is 3. The Kier molecular flexibility index (Phi) is 15.8. The Hall–Kier alpha value is -2.36. The van der Waals surface area contributed by atoms with Crippen LogP contribution in [0.2, 0.25) is 0 Å². The van der Waals surface area contributed by atoms with Gasteiger partial charge in [-0.3, -0.25) is 4.79 Å². The SMILES string of the molecule is CCOC(=O)/C=C(\C)CC/C=C(\C)CC/C=C(\C)CC/C=C(\C)CC/C=C(\C)C(=O)N1CCCC1. The van der Waals surface area contributed by atoms with Crippen molar-refractivity contribution in [1.82, 2.24) is 4.90 Å². The third-order valence-corrected chi connectivity index (χ3v) is 6.47. The van der Waals surface area contributed by atoms with Gasteiger partial charge in [-0.05, 0) is 106 Å². The maximum atomic E-state index is 12.3. The molecule has 0 aromatic heterocycles. The minimum atomic E-state index is -0.243. The van der Waals surface area contributed by atoms with Gasteiger partial charge in [-0.1, -0.05) is 46.6 Å². The van der Waals surface area contributed by atoms with Gasteiger partial charge in [0.05, 0.1) is 6.61 Å². The maximum Gasteiger partial charge on any atom is 0.330 e. The second kappa shape index (κ2) is 18.0. The molecule has 1 heterocycles. The Bertz CT molecular complexity index is 820. The number of carbonyl (C=O) groups excluding carboxylic acids is 2. The number of rotatable bonds is 15. The molecule has 0 aromatic rings. The van der Waals surface area contributed by atoms with Gasteiger partial charge in [-0.2, -0.15) is 0 Å². The first-order chi connectivity index (χ1) is 16.7. The molecule has 1 aliphatic heterocycles. The first kappa shape index (κ1) is 30.7. The smallest absolute Gasteiger partial charge is 0.330 e. The summed E-state index contributed by atoms with van der Waals surface area (Å²) in [7, 11) is 0. The fraction of sp³-hybridized carbons (Fsp3) is 0.613. The molecular weight excluding hydrogens is 434 g/mol. The monoisotopic (exact) mass is 483 g/mol. The van der Waals surface area contributed by atoms with Gasteiger partial charge in [-0.25, -0.2) is 4.79 Å². The van der Waals surface area contributed by atoms with E-state index in [4.69, 9.17) is 4.74 Å². The molecule has 196 valence electrons. The lowest BCUT2D eigenvalue weighted by atomic mass is 10.0. The zero-order valence-corrected chi connectivity index (χ0v) is 23.3. The summed E-state index contributed by atoms with van der Waals surface area (Å²) in [6, 6.07) is 0. The van der Waals surface area contributed by atoms with Crippen LogP contribution in [-0.2, 0) is 14.3 Å². The highest BCUT2D eigenvalue weighted by molar-refractivity contribution is 5.92. The van der Waals surface area contributed by atoms with Crippen molar-refractivity contribution in [3.63, 3.8) is 0 Å². The Morgan fingerprint density at radius 3 is 1.57 bits per heavy atom. The van der Waals surface area contributed by atoms with Gasteiger partial charge in [0.15, 0.2) is 0 Å². The van der Waals surface area contributed by atoms with Gasteiger partial charge in [0.2, 0.25) is 5.91 Å². The lowest BCUT2D eigenvalue weighted by Gasteiger charge is -2.15. The van der Waals surface area contributed by atoms with Gasteiger partial charge in [0, 0.05) is 24.7 Å². The lowest BCUT2D eigenvalue weighted by molar-refractivity contribution is -0.137. The number of nitrogens with zero attached hydrogens (tertiary/aromatic N) is 1. The molecule has 1 aliphatic rings. The maximum absolute atomic E-state index is 12.3. The molecule has 0 unspecified atom stereocenters. The second-order valence-corrected chi connectivity index (χ2v) is 9.94. The summed E-state index contributed by atoms with van der Waals surface area (Å²) in [4.78, 5) is 25.8. The summed E-state index contributed by atoms with van der Waals surface area (Å²) in [6.45, 7) is 14.6. The van der Waals surface area contributed by atoms with Crippen molar-refractivity contribution in [3.05, 3.63) is 58.2 Å². The number of ether oxygens (including phenoxy) is 1. The number of likely N-dealkylation sites (tertiary alicyclic amines) is 1. The molecular formula is C31H49NO3. The molecule has 1 rings (SSSR count). The van der Waals surface area contributed by atoms with E-state index < -0.39 is 0 Å². The lowest BCUT2D eigenvalue weighted by Crippen LogP contribution is -2.28. The number of allylic oxidation sites excluding steroid dienone is 8. The van der Waals surface area contributed by atoms with Crippen LogP contribution in [0.1, 0.15) is 106 Å². The van der Waals surface area contributed by atoms with Gasteiger partial charge in [0.1, 0.15) is 0 Å². The average Bonchev–Trinajstić information content (AvgIpc) is 3.33. The van der Waals surface area contributed by atoms with Crippen LogP contribution < -0.4 is 0 Å². The van der Waals surface area contributed by atoms with Gasteiger partial charge in [0.25, 0.3) is 0 Å². The average molecular weight is 484 g/mol. The van der Waals surface area contributed by atoms with E-state index >= 15 is 0 Å². The zero-order chi connectivity index (χ0) is 26.1. The van der Waals surface area contributed by atoms with Gasteiger partial charge >= 0.3 is 5.97 Å². The minimum Gasteiger partial charge on any atom is -0.463 e. The van der Waals surface area contributed by atoms with Crippen LogP contribution in [0.4, 0.5) is 0 Å². The second-order valence-electron chi connectivity index (χ2n) is 9.94. The highest BCUT2D eigenvalue weighted by Gasteiger charge is 2.18. The van der Waals surface area contributed by atoms with E-state index in [0.717, 1.165) is 88.4 Å². The number of carbonyl (C=O) groups is 2. The van der Waals surface area contributed by atoms with E-state index in [1.807, 2.05) is 25.7 Å². The van der Waals surface area contributed by atoms with Crippen LogP contribution in [0.3, 0.4) is 0 Å². The Morgan fingerprint density at radius 2 is 1.11 bits per heavy atom. The first-order valence-electron chi connectivity index (χ1n) is 13.5. The van der Waals surface area contributed by atoms with Crippen LogP contribution in [0, 0.1) is 0 Å². The minimum absolute atomic E-state index is 0.218. The predicted molar refractivity (Wildman–Crippen MR) is 148 cm³/mol. The Labute approximate surface area is 214 Å². The molecule has 1 saturated heterocycles. The summed E-state index contributed by atoms with van der Waals surface area (Å²) in [5.74, 6) is -0.0244. The summed E-state index contributed by atoms with van der Waals surface area (Å²) in [6.07, 6.45) is 21.1. The predicted octanol–water partition coefficient (Wildman–Crippen LogP) is 8.02. The molecule has 0 aliphatic carbocycles. The van der Waals surface area contributed by atoms with Crippen LogP contribution in [-0.4, -0.2) is 36.5 Å². The molecule has 0 bridgehead atoms. The van der Waals surface area contributed by atoms with E-state index in [9.17, 15) is 9.59 Å². The fourth-order valence-corrected chi connectivity index (χ4v) is 4.18. The molecule has 0 spiro atoms. The summed E-state index contributed by atoms with van der Waals surface area (Å²) in [5, 5.41) is 0. The molecule has 35 heavy (non-hydrogen) atoms. The molecule has 1 amide bonds. The normalized spacial score (nSPS) is 16.2. The van der Waals surface area contributed by atoms with E-state index in [1.54, 1.807) is 6.08 Å². The topological polar surface area (TPSA) is 46.6 Å². The third-order valence-electron chi connectivity index (χ3n) is 6.47. The number of esters is 1. The van der Waals surface area contributed by atoms with Gasteiger partial charge < -0.3 is 9.64 Å². The van der Waals surface area contributed by atoms with Gasteiger partial charge in [-0.15, -0.1) is 0 Å². The molecule has 0 saturated carbocycles. The first-order valence-corrected chi connectivity index (χ1v) is 13.5. The molecule has 0 radical (unpaired) electrons. The number of hydrogen-bond donors (Lipinski definition) is 0. The van der Waals surface area contributed by atoms with E-state index in [2.05, 4.69) is 45.1 Å². The molecule has 1 fully saturated rings. The van der Waals surface area contributed by atoms with E-state index in [0.29, 0.717) is 6.61 Å².